The average Bonchev–Trinajstić information content (AvgIpc) is 3.37. The molecule has 0 saturated carbocycles. The SMILES string of the molecule is Cc1noc(C)c1CC(=O)N1CCO[C@@H](c2cc(CCOc3ccc(Cl)cc3)[nH]n2)C1. The fourth-order valence-corrected chi connectivity index (χ4v) is 3.68. The lowest BCUT2D eigenvalue weighted by atomic mass is 10.1. The molecule has 0 radical (unpaired) electrons. The van der Waals surface area contributed by atoms with Crippen LogP contribution in [0.15, 0.2) is 34.9 Å². The molecule has 1 saturated heterocycles. The van der Waals surface area contributed by atoms with Crippen LogP contribution in [0.1, 0.15) is 34.5 Å². The highest BCUT2D eigenvalue weighted by molar-refractivity contribution is 6.30. The third-order valence-corrected chi connectivity index (χ3v) is 5.61. The Morgan fingerprint density at radius 3 is 2.87 bits per heavy atom. The van der Waals surface area contributed by atoms with E-state index in [9.17, 15) is 4.79 Å². The first-order chi connectivity index (χ1) is 15.0. The van der Waals surface area contributed by atoms with E-state index < -0.39 is 0 Å². The topological polar surface area (TPSA) is 93.5 Å². The molecular formula is C22H25ClN4O4. The summed E-state index contributed by atoms with van der Waals surface area (Å²) < 4.78 is 16.8. The van der Waals surface area contributed by atoms with Gasteiger partial charge in [-0.25, -0.2) is 0 Å². The molecule has 164 valence electrons. The van der Waals surface area contributed by atoms with Crippen molar-refractivity contribution in [3.05, 3.63) is 63.8 Å². The molecule has 8 nitrogen and oxygen atoms in total. The van der Waals surface area contributed by atoms with E-state index in [0.29, 0.717) is 43.5 Å². The third-order valence-electron chi connectivity index (χ3n) is 5.36. The predicted octanol–water partition coefficient (Wildman–Crippen LogP) is 3.43. The third kappa shape index (κ3) is 5.26. The minimum absolute atomic E-state index is 0.0369. The van der Waals surface area contributed by atoms with Crippen LogP contribution in [0.4, 0.5) is 0 Å². The van der Waals surface area contributed by atoms with Crippen molar-refractivity contribution in [2.75, 3.05) is 26.3 Å². The van der Waals surface area contributed by atoms with E-state index in [2.05, 4.69) is 15.4 Å². The van der Waals surface area contributed by atoms with Crippen molar-refractivity contribution in [2.45, 2.75) is 32.8 Å². The molecule has 1 aliphatic heterocycles. The standard InChI is InChI=1S/C22H25ClN4O4/c1-14-19(15(2)31-26-14)12-22(28)27-8-10-30-21(13-27)20-11-17(24-25-20)7-9-29-18-5-3-16(23)4-6-18/h3-6,11,21H,7-10,12-13H2,1-2H3,(H,24,25)/t21-/m1/s1. The molecule has 1 fully saturated rings. The van der Waals surface area contributed by atoms with E-state index in [-0.39, 0.29) is 18.4 Å². The number of aromatic nitrogens is 3. The average molecular weight is 445 g/mol. The molecule has 2 aromatic heterocycles. The molecule has 0 unspecified atom stereocenters. The monoisotopic (exact) mass is 444 g/mol. The molecule has 1 atom stereocenters. The summed E-state index contributed by atoms with van der Waals surface area (Å²) in [6, 6.07) is 9.24. The Morgan fingerprint density at radius 1 is 1.32 bits per heavy atom. The van der Waals surface area contributed by atoms with Crippen LogP contribution in [0.5, 0.6) is 5.75 Å². The van der Waals surface area contributed by atoms with Crippen LogP contribution in [0, 0.1) is 13.8 Å². The van der Waals surface area contributed by atoms with E-state index in [1.807, 2.05) is 36.9 Å². The fourth-order valence-electron chi connectivity index (χ4n) is 3.55. The minimum Gasteiger partial charge on any atom is -0.493 e. The number of H-pyrrole nitrogens is 1. The lowest BCUT2D eigenvalue weighted by molar-refractivity contribution is -0.138. The summed E-state index contributed by atoms with van der Waals surface area (Å²) in [5.41, 5.74) is 3.35. The zero-order valence-electron chi connectivity index (χ0n) is 17.6. The molecule has 31 heavy (non-hydrogen) atoms. The Kier molecular flexibility index (Phi) is 6.58. The van der Waals surface area contributed by atoms with Gasteiger partial charge in [0.05, 0.1) is 37.6 Å². The van der Waals surface area contributed by atoms with Crippen LogP contribution in [0.2, 0.25) is 5.02 Å². The quantitative estimate of drug-likeness (QED) is 0.600. The molecule has 0 aliphatic carbocycles. The van der Waals surface area contributed by atoms with E-state index >= 15 is 0 Å². The number of morpholine rings is 1. The summed E-state index contributed by atoms with van der Waals surface area (Å²) in [6.45, 7) is 5.69. The molecule has 1 N–H and O–H groups in total. The number of amides is 1. The maximum Gasteiger partial charge on any atom is 0.227 e. The van der Waals surface area contributed by atoms with Crippen molar-refractivity contribution < 1.29 is 18.8 Å². The summed E-state index contributed by atoms with van der Waals surface area (Å²) in [6.07, 6.45) is 0.697. The molecule has 1 aliphatic rings. The number of nitrogens with zero attached hydrogens (tertiary/aromatic N) is 3. The number of hydrogen-bond acceptors (Lipinski definition) is 6. The number of benzene rings is 1. The number of halogens is 1. The van der Waals surface area contributed by atoms with Crippen molar-refractivity contribution in [3.63, 3.8) is 0 Å². The Labute approximate surface area is 185 Å². The number of aromatic amines is 1. The van der Waals surface area contributed by atoms with Crippen molar-refractivity contribution in [3.8, 4) is 5.75 Å². The van der Waals surface area contributed by atoms with Crippen LogP contribution in [-0.4, -0.2) is 52.5 Å². The van der Waals surface area contributed by atoms with Crippen molar-refractivity contribution in [1.29, 1.82) is 0 Å². The van der Waals surface area contributed by atoms with Crippen LogP contribution in [0.3, 0.4) is 0 Å². The number of hydrogen-bond donors (Lipinski definition) is 1. The van der Waals surface area contributed by atoms with Crippen LogP contribution in [0.25, 0.3) is 0 Å². The first kappa shape index (κ1) is 21.4. The molecule has 0 bridgehead atoms. The van der Waals surface area contributed by atoms with E-state index in [0.717, 1.165) is 28.4 Å². The van der Waals surface area contributed by atoms with Gasteiger partial charge in [-0.1, -0.05) is 16.8 Å². The van der Waals surface area contributed by atoms with Crippen LogP contribution >= 0.6 is 11.6 Å². The number of carbonyl (C=O) groups is 1. The smallest absolute Gasteiger partial charge is 0.227 e. The normalized spacial score (nSPS) is 16.5. The summed E-state index contributed by atoms with van der Waals surface area (Å²) in [7, 11) is 0. The second-order valence-electron chi connectivity index (χ2n) is 7.55. The van der Waals surface area contributed by atoms with Crippen LogP contribution < -0.4 is 4.74 Å². The zero-order valence-corrected chi connectivity index (χ0v) is 18.3. The van der Waals surface area contributed by atoms with E-state index in [1.54, 1.807) is 12.1 Å². The maximum absolute atomic E-state index is 12.8. The highest BCUT2D eigenvalue weighted by Gasteiger charge is 2.28. The summed E-state index contributed by atoms with van der Waals surface area (Å²) in [5, 5.41) is 12.0. The maximum atomic E-state index is 12.8. The van der Waals surface area contributed by atoms with Gasteiger partial charge in [0, 0.05) is 29.2 Å². The van der Waals surface area contributed by atoms with Gasteiger partial charge in [0.15, 0.2) is 0 Å². The summed E-state index contributed by atoms with van der Waals surface area (Å²) in [5.74, 6) is 1.50. The lowest BCUT2D eigenvalue weighted by Gasteiger charge is -2.32. The number of ether oxygens (including phenoxy) is 2. The van der Waals surface area contributed by atoms with Gasteiger partial charge >= 0.3 is 0 Å². The van der Waals surface area contributed by atoms with Gasteiger partial charge in [-0.2, -0.15) is 5.10 Å². The molecule has 4 rings (SSSR count). The Balaban J connectivity index is 1.30. The molecular weight excluding hydrogens is 420 g/mol. The highest BCUT2D eigenvalue weighted by Crippen LogP contribution is 2.23. The zero-order chi connectivity index (χ0) is 21.8. The van der Waals surface area contributed by atoms with Gasteiger partial charge < -0.3 is 18.9 Å². The molecule has 3 heterocycles. The van der Waals surface area contributed by atoms with Crippen LogP contribution in [-0.2, 0) is 22.4 Å². The van der Waals surface area contributed by atoms with Crippen molar-refractivity contribution in [2.24, 2.45) is 0 Å². The van der Waals surface area contributed by atoms with Gasteiger partial charge in [-0.05, 0) is 44.2 Å². The highest BCUT2D eigenvalue weighted by atomic mass is 35.5. The molecule has 9 heteroatoms. The second kappa shape index (κ2) is 9.53. The molecule has 0 spiro atoms. The van der Waals surface area contributed by atoms with Crippen molar-refractivity contribution in [1.82, 2.24) is 20.3 Å². The Hall–Kier alpha value is -2.84. The summed E-state index contributed by atoms with van der Waals surface area (Å²) >= 11 is 5.88. The number of carbonyl (C=O) groups excluding carboxylic acids is 1. The number of aryl methyl sites for hydroxylation is 2. The molecule has 1 aromatic carbocycles. The van der Waals surface area contributed by atoms with Gasteiger partial charge in [-0.3, -0.25) is 9.89 Å². The summed E-state index contributed by atoms with van der Waals surface area (Å²) in [4.78, 5) is 14.6. The second-order valence-corrected chi connectivity index (χ2v) is 7.99. The van der Waals surface area contributed by atoms with E-state index in [4.69, 9.17) is 25.6 Å². The van der Waals surface area contributed by atoms with E-state index in [1.165, 1.54) is 0 Å². The molecule has 1 amide bonds. The first-order valence-corrected chi connectivity index (χ1v) is 10.6. The van der Waals surface area contributed by atoms with Gasteiger partial charge in [0.25, 0.3) is 0 Å². The predicted molar refractivity (Wildman–Crippen MR) is 114 cm³/mol. The van der Waals surface area contributed by atoms with Gasteiger partial charge in [0.2, 0.25) is 5.91 Å². The lowest BCUT2D eigenvalue weighted by Crippen LogP contribution is -2.43. The molecule has 3 aromatic rings. The largest absolute Gasteiger partial charge is 0.493 e. The Bertz CT molecular complexity index is 1010. The Morgan fingerprint density at radius 2 is 2.13 bits per heavy atom. The van der Waals surface area contributed by atoms with Gasteiger partial charge in [-0.15, -0.1) is 0 Å². The van der Waals surface area contributed by atoms with Gasteiger partial charge in [0.1, 0.15) is 17.6 Å². The number of rotatable bonds is 7. The van der Waals surface area contributed by atoms with Crippen molar-refractivity contribution >= 4 is 17.5 Å². The number of nitrogens with one attached hydrogen (secondary N) is 1. The minimum atomic E-state index is -0.260. The fraction of sp³-hybridized carbons (Fsp3) is 0.409. The first-order valence-electron chi connectivity index (χ1n) is 10.2.